The molecule has 2 amide bonds. The lowest BCUT2D eigenvalue weighted by atomic mass is 10.1. The molecule has 2 heterocycles. The van der Waals surface area contributed by atoms with Gasteiger partial charge in [-0.3, -0.25) is 19.1 Å². The van der Waals surface area contributed by atoms with Gasteiger partial charge in [0.15, 0.2) is 11.0 Å². The van der Waals surface area contributed by atoms with Crippen LogP contribution in [0.3, 0.4) is 0 Å². The van der Waals surface area contributed by atoms with E-state index in [-0.39, 0.29) is 17.6 Å². The number of thioether (sulfide) groups is 1. The minimum atomic E-state index is -0.173. The summed E-state index contributed by atoms with van der Waals surface area (Å²) in [6.45, 7) is 4.59. The summed E-state index contributed by atoms with van der Waals surface area (Å²) in [6, 6.07) is 16.2. The number of hydrogen-bond acceptors (Lipinski definition) is 5. The molecule has 6 nitrogen and oxygen atoms in total. The van der Waals surface area contributed by atoms with Crippen LogP contribution in [0.15, 0.2) is 53.7 Å². The molecule has 1 aliphatic rings. The van der Waals surface area contributed by atoms with Gasteiger partial charge in [-0.05, 0) is 32.4 Å². The predicted octanol–water partition coefficient (Wildman–Crippen LogP) is 3.79. The van der Waals surface area contributed by atoms with E-state index in [2.05, 4.69) is 10.2 Å². The van der Waals surface area contributed by atoms with Crippen LogP contribution in [0.2, 0.25) is 0 Å². The van der Waals surface area contributed by atoms with Gasteiger partial charge in [0.1, 0.15) is 0 Å². The highest BCUT2D eigenvalue weighted by molar-refractivity contribution is 7.99. The molecule has 0 saturated carbocycles. The summed E-state index contributed by atoms with van der Waals surface area (Å²) in [5, 5.41) is 9.39. The molecular formula is C22H22N4O2S. The van der Waals surface area contributed by atoms with Gasteiger partial charge in [0.2, 0.25) is 11.8 Å². The highest BCUT2D eigenvalue weighted by atomic mass is 32.2. The summed E-state index contributed by atoms with van der Waals surface area (Å²) in [6.07, 6.45) is 1.19. The molecule has 0 aliphatic carbocycles. The Hall–Kier alpha value is -2.93. The van der Waals surface area contributed by atoms with Gasteiger partial charge in [0.25, 0.3) is 0 Å². The Balaban J connectivity index is 1.66. The molecule has 0 atom stereocenters. The van der Waals surface area contributed by atoms with E-state index in [0.29, 0.717) is 18.1 Å². The predicted molar refractivity (Wildman–Crippen MR) is 113 cm³/mol. The lowest BCUT2D eigenvalue weighted by Crippen LogP contribution is -2.33. The van der Waals surface area contributed by atoms with Gasteiger partial charge in [-0.2, -0.15) is 0 Å². The number of hydrogen-bond donors (Lipinski definition) is 0. The summed E-state index contributed by atoms with van der Waals surface area (Å²) < 4.78 is 1.97. The number of aryl methyl sites for hydroxylation is 2. The molecule has 3 aromatic rings. The zero-order valence-corrected chi connectivity index (χ0v) is 17.3. The third-order valence-electron chi connectivity index (χ3n) is 4.93. The number of imide groups is 1. The Kier molecular flexibility index (Phi) is 5.49. The Bertz CT molecular complexity index is 1040. The summed E-state index contributed by atoms with van der Waals surface area (Å²) in [7, 11) is 0. The molecule has 0 bridgehead atoms. The van der Waals surface area contributed by atoms with E-state index in [1.165, 1.54) is 22.2 Å². The van der Waals surface area contributed by atoms with Crippen molar-refractivity contribution in [2.45, 2.75) is 31.8 Å². The molecule has 29 heavy (non-hydrogen) atoms. The van der Waals surface area contributed by atoms with Crippen LogP contribution in [0.5, 0.6) is 0 Å². The van der Waals surface area contributed by atoms with Gasteiger partial charge in [-0.25, -0.2) is 0 Å². The highest BCUT2D eigenvalue weighted by Gasteiger charge is 2.27. The van der Waals surface area contributed by atoms with Crippen molar-refractivity contribution in [2.75, 3.05) is 12.3 Å². The summed E-state index contributed by atoms with van der Waals surface area (Å²) in [5.74, 6) is 0.619. The van der Waals surface area contributed by atoms with Crippen molar-refractivity contribution >= 4 is 23.6 Å². The fraction of sp³-hybridized carbons (Fsp3) is 0.273. The van der Waals surface area contributed by atoms with E-state index in [9.17, 15) is 9.59 Å². The van der Waals surface area contributed by atoms with Crippen LogP contribution in [0.1, 0.15) is 24.0 Å². The number of carbonyl (C=O) groups is 2. The fourth-order valence-corrected chi connectivity index (χ4v) is 4.12. The third kappa shape index (κ3) is 4.10. The molecule has 0 radical (unpaired) electrons. The molecule has 148 valence electrons. The average molecular weight is 407 g/mol. The van der Waals surface area contributed by atoms with Crippen LogP contribution in [0, 0.1) is 13.8 Å². The van der Waals surface area contributed by atoms with E-state index in [4.69, 9.17) is 0 Å². The van der Waals surface area contributed by atoms with E-state index in [1.807, 2.05) is 66.9 Å². The van der Waals surface area contributed by atoms with Crippen LogP contribution < -0.4 is 0 Å². The molecule has 1 saturated heterocycles. The number of likely N-dealkylation sites (tertiary alicyclic amines) is 1. The van der Waals surface area contributed by atoms with Gasteiger partial charge >= 0.3 is 0 Å². The Labute approximate surface area is 173 Å². The van der Waals surface area contributed by atoms with E-state index in [1.54, 1.807) is 0 Å². The van der Waals surface area contributed by atoms with Crippen LogP contribution in [-0.4, -0.2) is 43.8 Å². The first-order valence-corrected chi connectivity index (χ1v) is 10.6. The molecular weight excluding hydrogens is 384 g/mol. The first kappa shape index (κ1) is 19.4. The molecule has 1 aromatic heterocycles. The minimum Gasteiger partial charge on any atom is -0.282 e. The maximum Gasteiger partial charge on any atom is 0.239 e. The van der Waals surface area contributed by atoms with Gasteiger partial charge in [-0.15, -0.1) is 10.2 Å². The normalized spacial score (nSPS) is 13.9. The summed E-state index contributed by atoms with van der Waals surface area (Å²) >= 11 is 1.31. The lowest BCUT2D eigenvalue weighted by Gasteiger charge is -2.14. The van der Waals surface area contributed by atoms with Crippen molar-refractivity contribution in [1.29, 1.82) is 0 Å². The lowest BCUT2D eigenvalue weighted by molar-refractivity contribution is -0.140. The number of amides is 2. The maximum atomic E-state index is 12.5. The van der Waals surface area contributed by atoms with Crippen molar-refractivity contribution in [3.05, 3.63) is 59.7 Å². The topological polar surface area (TPSA) is 68.1 Å². The van der Waals surface area contributed by atoms with Gasteiger partial charge < -0.3 is 0 Å². The number of nitrogens with zero attached hydrogens (tertiary/aromatic N) is 4. The van der Waals surface area contributed by atoms with Crippen LogP contribution in [0.4, 0.5) is 0 Å². The van der Waals surface area contributed by atoms with Crippen molar-refractivity contribution in [3.8, 4) is 17.1 Å². The molecule has 2 aromatic carbocycles. The SMILES string of the molecule is Cc1ccc(-c2nnc(SCC(=O)N3CCCC3=O)n2-c2ccc(C)cc2)cc1. The van der Waals surface area contributed by atoms with E-state index >= 15 is 0 Å². The Morgan fingerprint density at radius 1 is 1.00 bits per heavy atom. The van der Waals surface area contributed by atoms with Crippen LogP contribution >= 0.6 is 11.8 Å². The van der Waals surface area contributed by atoms with Gasteiger partial charge in [0, 0.05) is 24.2 Å². The smallest absolute Gasteiger partial charge is 0.239 e. The Morgan fingerprint density at radius 3 is 2.28 bits per heavy atom. The Morgan fingerprint density at radius 2 is 1.66 bits per heavy atom. The molecule has 7 heteroatoms. The van der Waals surface area contributed by atoms with Crippen molar-refractivity contribution < 1.29 is 9.59 Å². The van der Waals surface area contributed by atoms with Gasteiger partial charge in [-0.1, -0.05) is 59.3 Å². The number of aromatic nitrogens is 3. The number of carbonyl (C=O) groups excluding carboxylic acids is 2. The molecule has 0 unspecified atom stereocenters. The first-order valence-electron chi connectivity index (χ1n) is 9.58. The van der Waals surface area contributed by atoms with E-state index in [0.717, 1.165) is 29.1 Å². The largest absolute Gasteiger partial charge is 0.282 e. The zero-order valence-electron chi connectivity index (χ0n) is 16.5. The van der Waals surface area contributed by atoms with Gasteiger partial charge in [0.05, 0.1) is 5.75 Å². The molecule has 1 fully saturated rings. The number of benzene rings is 2. The van der Waals surface area contributed by atoms with Crippen molar-refractivity contribution in [3.63, 3.8) is 0 Å². The van der Waals surface area contributed by atoms with Crippen molar-refractivity contribution in [2.24, 2.45) is 0 Å². The van der Waals surface area contributed by atoms with E-state index < -0.39 is 0 Å². The monoisotopic (exact) mass is 406 g/mol. The average Bonchev–Trinajstić information content (AvgIpc) is 3.34. The standard InChI is InChI=1S/C22H22N4O2S/c1-15-5-9-17(10-6-15)21-23-24-22(26(21)18-11-7-16(2)8-12-18)29-14-20(28)25-13-3-4-19(25)27/h5-12H,3-4,13-14H2,1-2H3. The summed E-state index contributed by atoms with van der Waals surface area (Å²) in [5.41, 5.74) is 4.22. The van der Waals surface area contributed by atoms with Crippen LogP contribution in [0.25, 0.3) is 17.1 Å². The molecule has 0 spiro atoms. The second kappa shape index (κ2) is 8.21. The quantitative estimate of drug-likeness (QED) is 0.603. The third-order valence-corrected chi connectivity index (χ3v) is 5.85. The second-order valence-corrected chi connectivity index (χ2v) is 8.12. The summed E-state index contributed by atoms with van der Waals surface area (Å²) in [4.78, 5) is 25.6. The minimum absolute atomic E-state index is 0.0871. The first-order chi connectivity index (χ1) is 14.0. The molecule has 4 rings (SSSR count). The fourth-order valence-electron chi connectivity index (χ4n) is 3.30. The second-order valence-electron chi connectivity index (χ2n) is 7.17. The maximum absolute atomic E-state index is 12.5. The van der Waals surface area contributed by atoms with Crippen molar-refractivity contribution in [1.82, 2.24) is 19.7 Å². The highest BCUT2D eigenvalue weighted by Crippen LogP contribution is 2.29. The zero-order chi connectivity index (χ0) is 20.4. The number of rotatable bonds is 5. The molecule has 1 aliphatic heterocycles. The van der Waals surface area contributed by atoms with Crippen LogP contribution in [-0.2, 0) is 9.59 Å². The molecule has 0 N–H and O–H groups in total.